The van der Waals surface area contributed by atoms with Gasteiger partial charge in [0, 0.05) is 6.04 Å². The number of rotatable bonds is 2. The van der Waals surface area contributed by atoms with E-state index in [1.54, 1.807) is 0 Å². The summed E-state index contributed by atoms with van der Waals surface area (Å²) in [5.41, 5.74) is 4.12. The summed E-state index contributed by atoms with van der Waals surface area (Å²) < 4.78 is 0. The summed E-state index contributed by atoms with van der Waals surface area (Å²) in [4.78, 5) is 0. The molecule has 1 unspecified atom stereocenters. The highest BCUT2D eigenvalue weighted by atomic mass is 16.3. The van der Waals surface area contributed by atoms with Gasteiger partial charge < -0.3 is 10.4 Å². The zero-order valence-corrected chi connectivity index (χ0v) is 9.63. The number of fused-ring (bicyclic) bond motifs is 1. The molecule has 1 aromatic rings. The van der Waals surface area contributed by atoms with Crippen LogP contribution in [0.2, 0.25) is 0 Å². The smallest absolute Gasteiger partial charge is 0.119 e. The average molecular weight is 217 g/mol. The summed E-state index contributed by atoms with van der Waals surface area (Å²) in [7, 11) is 0. The highest BCUT2D eigenvalue weighted by molar-refractivity contribution is 5.47. The van der Waals surface area contributed by atoms with Gasteiger partial charge in [-0.25, -0.2) is 0 Å². The molecule has 86 valence electrons. The van der Waals surface area contributed by atoms with Crippen LogP contribution >= 0.6 is 0 Å². The van der Waals surface area contributed by atoms with Crippen molar-refractivity contribution < 1.29 is 5.11 Å². The zero-order chi connectivity index (χ0) is 11.0. The molecule has 16 heavy (non-hydrogen) atoms. The molecule has 2 nitrogen and oxygen atoms in total. The molecule has 1 fully saturated rings. The molecule has 2 N–H and O–H groups in total. The maximum absolute atomic E-state index is 10.0. The van der Waals surface area contributed by atoms with Gasteiger partial charge in [0.25, 0.3) is 0 Å². The quantitative estimate of drug-likeness (QED) is 0.795. The minimum atomic E-state index is 0.509. The summed E-state index contributed by atoms with van der Waals surface area (Å²) in [5, 5.41) is 13.5. The lowest BCUT2D eigenvalue weighted by Crippen LogP contribution is -2.24. The van der Waals surface area contributed by atoms with Crippen LogP contribution in [0.4, 0.5) is 0 Å². The van der Waals surface area contributed by atoms with Crippen molar-refractivity contribution in [2.45, 2.75) is 44.6 Å². The van der Waals surface area contributed by atoms with Gasteiger partial charge in [0.2, 0.25) is 0 Å². The molecule has 0 bridgehead atoms. The predicted octanol–water partition coefficient (Wildman–Crippen LogP) is 2.18. The van der Waals surface area contributed by atoms with Gasteiger partial charge in [0.1, 0.15) is 5.75 Å². The van der Waals surface area contributed by atoms with Crippen LogP contribution in [0.3, 0.4) is 0 Å². The van der Waals surface area contributed by atoms with Gasteiger partial charge in [-0.05, 0) is 67.8 Å². The number of phenolic OH excluding ortho intramolecular Hbond substituents is 1. The number of hydrogen-bond acceptors (Lipinski definition) is 2. The highest BCUT2D eigenvalue weighted by Gasteiger charge is 2.22. The Kier molecular flexibility index (Phi) is 2.60. The fourth-order valence-corrected chi connectivity index (χ4v) is 3.14. The molecule has 1 heterocycles. The summed E-state index contributed by atoms with van der Waals surface area (Å²) in [6.45, 7) is 1.14. The van der Waals surface area contributed by atoms with Gasteiger partial charge in [0.15, 0.2) is 0 Å². The average Bonchev–Trinajstić information content (AvgIpc) is 2.92. The number of nitrogens with one attached hydrogen (secondary N) is 1. The van der Waals surface area contributed by atoms with Gasteiger partial charge in [-0.2, -0.15) is 0 Å². The van der Waals surface area contributed by atoms with Crippen molar-refractivity contribution in [1.29, 1.82) is 0 Å². The third-order valence-corrected chi connectivity index (χ3v) is 3.99. The Morgan fingerprint density at radius 1 is 1.25 bits per heavy atom. The van der Waals surface area contributed by atoms with Gasteiger partial charge in [0.05, 0.1) is 0 Å². The van der Waals surface area contributed by atoms with Gasteiger partial charge in [-0.1, -0.05) is 6.07 Å². The molecule has 0 saturated carbocycles. The number of phenols is 1. The second-order valence-corrected chi connectivity index (χ2v) is 5.05. The molecule has 1 aliphatic heterocycles. The van der Waals surface area contributed by atoms with E-state index < -0.39 is 0 Å². The van der Waals surface area contributed by atoms with Crippen LogP contribution in [0, 0.1) is 0 Å². The van der Waals surface area contributed by atoms with Crippen molar-refractivity contribution in [2.75, 3.05) is 6.54 Å². The lowest BCUT2D eigenvalue weighted by molar-refractivity contribution is 0.460. The molecule has 1 saturated heterocycles. The van der Waals surface area contributed by atoms with E-state index in [1.807, 2.05) is 6.07 Å². The first-order chi connectivity index (χ1) is 7.84. The molecule has 2 aliphatic rings. The van der Waals surface area contributed by atoms with E-state index in [9.17, 15) is 5.11 Å². The Hall–Kier alpha value is -1.02. The van der Waals surface area contributed by atoms with Crippen LogP contribution in [-0.2, 0) is 19.3 Å². The molecule has 0 amide bonds. The Labute approximate surface area is 96.7 Å². The second kappa shape index (κ2) is 4.10. The van der Waals surface area contributed by atoms with Crippen LogP contribution in [-0.4, -0.2) is 17.7 Å². The van der Waals surface area contributed by atoms with Gasteiger partial charge in [-0.3, -0.25) is 0 Å². The molecule has 0 spiro atoms. The van der Waals surface area contributed by atoms with Crippen molar-refractivity contribution in [3.63, 3.8) is 0 Å². The van der Waals surface area contributed by atoms with Crippen molar-refractivity contribution >= 4 is 0 Å². The van der Waals surface area contributed by atoms with Crippen molar-refractivity contribution in [2.24, 2.45) is 0 Å². The van der Waals surface area contributed by atoms with Crippen LogP contribution in [0.1, 0.15) is 36.0 Å². The van der Waals surface area contributed by atoms with Crippen molar-refractivity contribution in [1.82, 2.24) is 5.32 Å². The molecular formula is C14H19NO. The number of hydrogen-bond donors (Lipinski definition) is 2. The Balaban J connectivity index is 1.90. The topological polar surface area (TPSA) is 32.3 Å². The van der Waals surface area contributed by atoms with E-state index in [0.717, 1.165) is 19.4 Å². The van der Waals surface area contributed by atoms with E-state index in [-0.39, 0.29) is 0 Å². The molecule has 2 heteroatoms. The Morgan fingerprint density at radius 3 is 3.00 bits per heavy atom. The third-order valence-electron chi connectivity index (χ3n) is 3.99. The maximum Gasteiger partial charge on any atom is 0.119 e. The predicted molar refractivity (Wildman–Crippen MR) is 64.9 cm³/mol. The Bertz CT molecular complexity index is 394. The van der Waals surface area contributed by atoms with E-state index in [1.165, 1.54) is 42.4 Å². The van der Waals surface area contributed by atoms with E-state index >= 15 is 0 Å². The molecule has 1 aliphatic carbocycles. The summed E-state index contributed by atoms with van der Waals surface area (Å²) >= 11 is 0. The fraction of sp³-hybridized carbons (Fsp3) is 0.571. The second-order valence-electron chi connectivity index (χ2n) is 5.05. The third kappa shape index (κ3) is 1.71. The van der Waals surface area contributed by atoms with Gasteiger partial charge in [-0.15, -0.1) is 0 Å². The molecule has 3 rings (SSSR count). The molecule has 1 aromatic carbocycles. The summed E-state index contributed by atoms with van der Waals surface area (Å²) in [6, 6.07) is 4.57. The largest absolute Gasteiger partial charge is 0.508 e. The standard InChI is InChI=1S/C14H19NO/c16-14-7-6-10-3-1-5-12(10)13(14)9-11-4-2-8-15-11/h6-7,11,15-16H,1-5,8-9H2. The lowest BCUT2D eigenvalue weighted by atomic mass is 9.96. The highest BCUT2D eigenvalue weighted by Crippen LogP contribution is 2.32. The van der Waals surface area contributed by atoms with Gasteiger partial charge >= 0.3 is 0 Å². The first kappa shape index (κ1) is 10.2. The normalized spacial score (nSPS) is 23.6. The molecule has 0 aromatic heterocycles. The summed E-state index contributed by atoms with van der Waals surface area (Å²) in [6.07, 6.45) is 7.15. The van der Waals surface area contributed by atoms with Crippen molar-refractivity contribution in [3.05, 3.63) is 28.8 Å². The number of benzene rings is 1. The molecular weight excluding hydrogens is 198 g/mol. The minimum absolute atomic E-state index is 0.509. The van der Waals surface area contributed by atoms with E-state index in [2.05, 4.69) is 11.4 Å². The number of aromatic hydroxyl groups is 1. The molecule has 1 atom stereocenters. The first-order valence-corrected chi connectivity index (χ1v) is 6.40. The van der Waals surface area contributed by atoms with Crippen molar-refractivity contribution in [3.8, 4) is 5.75 Å². The SMILES string of the molecule is Oc1ccc2c(c1CC1CCCN1)CCC2. The summed E-state index contributed by atoms with van der Waals surface area (Å²) in [5.74, 6) is 0.509. The lowest BCUT2D eigenvalue weighted by Gasteiger charge is -2.15. The first-order valence-electron chi connectivity index (χ1n) is 6.40. The monoisotopic (exact) mass is 217 g/mol. The maximum atomic E-state index is 10.0. The van der Waals surface area contributed by atoms with E-state index in [4.69, 9.17) is 0 Å². The van der Waals surface area contributed by atoms with E-state index in [0.29, 0.717) is 11.8 Å². The van der Waals surface area contributed by atoms with Crippen LogP contribution in [0.25, 0.3) is 0 Å². The van der Waals surface area contributed by atoms with Crippen LogP contribution < -0.4 is 5.32 Å². The van der Waals surface area contributed by atoms with Crippen LogP contribution in [0.15, 0.2) is 12.1 Å². The Morgan fingerprint density at radius 2 is 2.19 bits per heavy atom. The fourth-order valence-electron chi connectivity index (χ4n) is 3.14. The minimum Gasteiger partial charge on any atom is -0.508 e. The number of aryl methyl sites for hydroxylation is 1. The van der Waals surface area contributed by atoms with Crippen LogP contribution in [0.5, 0.6) is 5.75 Å². The zero-order valence-electron chi connectivity index (χ0n) is 9.63. The molecule has 0 radical (unpaired) electrons.